The fourth-order valence-corrected chi connectivity index (χ4v) is 2.82. The SMILES string of the molecule is CN(C)CC(C)(C)CNC(=O)C1(N)CCCCC1.Cl.Cl. The summed E-state index contributed by atoms with van der Waals surface area (Å²) in [4.78, 5) is 14.3. The molecule has 0 aromatic rings. The van der Waals surface area contributed by atoms with Gasteiger partial charge in [0.2, 0.25) is 5.91 Å². The van der Waals surface area contributed by atoms with Gasteiger partial charge in [-0.2, -0.15) is 0 Å². The Bertz CT molecular complexity index is 290. The van der Waals surface area contributed by atoms with Crippen LogP contribution in [0.3, 0.4) is 0 Å². The lowest BCUT2D eigenvalue weighted by atomic mass is 9.81. The van der Waals surface area contributed by atoms with Crippen molar-refractivity contribution >= 4 is 30.7 Å². The molecular formula is C14H31Cl2N3O. The van der Waals surface area contributed by atoms with Gasteiger partial charge < -0.3 is 16.0 Å². The summed E-state index contributed by atoms with van der Waals surface area (Å²) in [6.45, 7) is 5.96. The molecule has 0 aromatic carbocycles. The minimum Gasteiger partial charge on any atom is -0.354 e. The zero-order valence-corrected chi connectivity index (χ0v) is 14.8. The van der Waals surface area contributed by atoms with Crippen LogP contribution in [-0.4, -0.2) is 43.5 Å². The van der Waals surface area contributed by atoms with Gasteiger partial charge in [-0.1, -0.05) is 33.1 Å². The molecule has 0 aromatic heterocycles. The van der Waals surface area contributed by atoms with Gasteiger partial charge >= 0.3 is 0 Å². The van der Waals surface area contributed by atoms with Crippen molar-refractivity contribution in [2.24, 2.45) is 11.1 Å². The van der Waals surface area contributed by atoms with Crippen LogP contribution in [0.2, 0.25) is 0 Å². The van der Waals surface area contributed by atoms with Crippen LogP contribution in [0.1, 0.15) is 46.0 Å². The number of halogens is 2. The van der Waals surface area contributed by atoms with Crippen molar-refractivity contribution in [2.75, 3.05) is 27.2 Å². The van der Waals surface area contributed by atoms with Gasteiger partial charge in [-0.15, -0.1) is 24.8 Å². The summed E-state index contributed by atoms with van der Waals surface area (Å²) in [6.07, 6.45) is 5.01. The Morgan fingerprint density at radius 2 is 1.70 bits per heavy atom. The molecule has 3 N–H and O–H groups in total. The second-order valence-corrected chi connectivity index (χ2v) is 6.80. The first kappa shape index (κ1) is 22.3. The maximum Gasteiger partial charge on any atom is 0.240 e. The molecule has 0 spiro atoms. The first-order chi connectivity index (χ1) is 8.25. The van der Waals surface area contributed by atoms with E-state index in [9.17, 15) is 4.79 Å². The predicted molar refractivity (Wildman–Crippen MR) is 89.8 cm³/mol. The topological polar surface area (TPSA) is 58.4 Å². The van der Waals surface area contributed by atoms with E-state index in [1.54, 1.807) is 0 Å². The standard InChI is InChI=1S/C14H29N3O.2ClH/c1-13(2,11-17(3)4)10-16-12(18)14(15)8-6-5-7-9-14;;/h5-11,15H2,1-4H3,(H,16,18);2*1H. The van der Waals surface area contributed by atoms with Crippen LogP contribution in [0.25, 0.3) is 0 Å². The fraction of sp³-hybridized carbons (Fsp3) is 0.929. The van der Waals surface area contributed by atoms with Crippen LogP contribution in [0, 0.1) is 5.41 Å². The highest BCUT2D eigenvalue weighted by Crippen LogP contribution is 2.26. The number of nitrogens with zero attached hydrogens (tertiary/aromatic N) is 1. The van der Waals surface area contributed by atoms with Crippen molar-refractivity contribution in [3.8, 4) is 0 Å². The number of rotatable bonds is 5. The summed E-state index contributed by atoms with van der Waals surface area (Å²) in [6, 6.07) is 0. The third-order valence-corrected chi connectivity index (χ3v) is 3.67. The second kappa shape index (κ2) is 9.08. The minimum atomic E-state index is -0.619. The van der Waals surface area contributed by atoms with E-state index in [0.717, 1.165) is 32.2 Å². The highest BCUT2D eigenvalue weighted by molar-refractivity contribution is 5.86. The van der Waals surface area contributed by atoms with Crippen molar-refractivity contribution in [1.29, 1.82) is 0 Å². The maximum absolute atomic E-state index is 12.2. The van der Waals surface area contributed by atoms with E-state index in [2.05, 4.69) is 38.2 Å². The third kappa shape index (κ3) is 7.11. The minimum absolute atomic E-state index is 0. The molecule has 0 heterocycles. The summed E-state index contributed by atoms with van der Waals surface area (Å²) in [5, 5.41) is 3.05. The Hall–Kier alpha value is -0.0300. The highest BCUT2D eigenvalue weighted by Gasteiger charge is 2.35. The molecule has 1 rings (SSSR count). The van der Waals surface area contributed by atoms with E-state index in [1.807, 2.05) is 0 Å². The molecule has 0 atom stereocenters. The Balaban J connectivity index is 0. The van der Waals surface area contributed by atoms with Crippen molar-refractivity contribution in [2.45, 2.75) is 51.5 Å². The quantitative estimate of drug-likeness (QED) is 0.813. The Labute approximate surface area is 136 Å². The van der Waals surface area contributed by atoms with Crippen molar-refractivity contribution in [3.63, 3.8) is 0 Å². The van der Waals surface area contributed by atoms with E-state index in [0.29, 0.717) is 6.54 Å². The number of carbonyl (C=O) groups is 1. The second-order valence-electron chi connectivity index (χ2n) is 6.80. The van der Waals surface area contributed by atoms with Crippen molar-refractivity contribution in [1.82, 2.24) is 10.2 Å². The fourth-order valence-electron chi connectivity index (χ4n) is 2.82. The molecule has 0 unspecified atom stereocenters. The average Bonchev–Trinajstić information content (AvgIpc) is 2.25. The number of carbonyl (C=O) groups excluding carboxylic acids is 1. The summed E-state index contributed by atoms with van der Waals surface area (Å²) in [7, 11) is 4.10. The highest BCUT2D eigenvalue weighted by atomic mass is 35.5. The first-order valence-electron chi connectivity index (χ1n) is 6.97. The van der Waals surface area contributed by atoms with E-state index in [4.69, 9.17) is 5.73 Å². The molecule has 0 aliphatic heterocycles. The number of hydrogen-bond acceptors (Lipinski definition) is 3. The van der Waals surface area contributed by atoms with E-state index in [1.165, 1.54) is 6.42 Å². The number of nitrogens with one attached hydrogen (secondary N) is 1. The first-order valence-corrected chi connectivity index (χ1v) is 6.97. The molecule has 0 radical (unpaired) electrons. The van der Waals surface area contributed by atoms with Crippen LogP contribution in [0.4, 0.5) is 0 Å². The van der Waals surface area contributed by atoms with Gasteiger partial charge in [-0.25, -0.2) is 0 Å². The predicted octanol–water partition coefficient (Wildman–Crippen LogP) is 2.20. The van der Waals surface area contributed by atoms with Crippen LogP contribution in [-0.2, 0) is 4.79 Å². The van der Waals surface area contributed by atoms with Crippen LogP contribution >= 0.6 is 24.8 Å². The summed E-state index contributed by atoms with van der Waals surface area (Å²) in [5.41, 5.74) is 5.67. The Kier molecular flexibility index (Phi) is 10.1. The molecule has 122 valence electrons. The Morgan fingerprint density at radius 1 is 1.20 bits per heavy atom. The van der Waals surface area contributed by atoms with E-state index < -0.39 is 5.54 Å². The number of hydrogen-bond donors (Lipinski definition) is 2. The summed E-state index contributed by atoms with van der Waals surface area (Å²) < 4.78 is 0. The number of nitrogens with two attached hydrogens (primary N) is 1. The van der Waals surface area contributed by atoms with Crippen molar-refractivity contribution in [3.05, 3.63) is 0 Å². The van der Waals surface area contributed by atoms with E-state index in [-0.39, 0.29) is 36.1 Å². The molecule has 1 fully saturated rings. The molecule has 0 bridgehead atoms. The van der Waals surface area contributed by atoms with Gasteiger partial charge in [0.25, 0.3) is 0 Å². The van der Waals surface area contributed by atoms with Gasteiger partial charge in [0.15, 0.2) is 0 Å². The zero-order valence-electron chi connectivity index (χ0n) is 13.2. The maximum atomic E-state index is 12.2. The molecule has 1 aliphatic rings. The lowest BCUT2D eigenvalue weighted by Crippen LogP contribution is -2.56. The smallest absolute Gasteiger partial charge is 0.240 e. The van der Waals surface area contributed by atoms with Crippen LogP contribution in [0.5, 0.6) is 0 Å². The molecular weight excluding hydrogens is 297 g/mol. The lowest BCUT2D eigenvalue weighted by Gasteiger charge is -2.34. The molecule has 20 heavy (non-hydrogen) atoms. The van der Waals surface area contributed by atoms with Gasteiger partial charge in [0.05, 0.1) is 5.54 Å². The molecule has 1 aliphatic carbocycles. The van der Waals surface area contributed by atoms with Crippen LogP contribution in [0.15, 0.2) is 0 Å². The van der Waals surface area contributed by atoms with Crippen molar-refractivity contribution < 1.29 is 4.79 Å². The normalized spacial score (nSPS) is 17.9. The lowest BCUT2D eigenvalue weighted by molar-refractivity contribution is -0.128. The van der Waals surface area contributed by atoms with Crippen LogP contribution < -0.4 is 11.1 Å². The Morgan fingerprint density at radius 3 is 2.15 bits per heavy atom. The van der Waals surface area contributed by atoms with Gasteiger partial charge in [-0.05, 0) is 32.4 Å². The molecule has 4 nitrogen and oxygen atoms in total. The van der Waals surface area contributed by atoms with Gasteiger partial charge in [-0.3, -0.25) is 4.79 Å². The summed E-state index contributed by atoms with van der Waals surface area (Å²) >= 11 is 0. The molecule has 1 saturated carbocycles. The summed E-state index contributed by atoms with van der Waals surface area (Å²) in [5.74, 6) is 0.0361. The third-order valence-electron chi connectivity index (χ3n) is 3.67. The number of amides is 1. The monoisotopic (exact) mass is 327 g/mol. The molecule has 1 amide bonds. The largest absolute Gasteiger partial charge is 0.354 e. The average molecular weight is 328 g/mol. The van der Waals surface area contributed by atoms with Gasteiger partial charge in [0, 0.05) is 13.1 Å². The molecule has 0 saturated heterocycles. The zero-order chi connectivity index (χ0) is 13.8. The molecule has 6 heteroatoms. The van der Waals surface area contributed by atoms with Gasteiger partial charge in [0.1, 0.15) is 0 Å². The van der Waals surface area contributed by atoms with E-state index >= 15 is 0 Å².